The predicted molar refractivity (Wildman–Crippen MR) is 60.5 cm³/mol. The Bertz CT molecular complexity index is 158. The van der Waals surface area contributed by atoms with Crippen LogP contribution in [0.4, 0.5) is 0 Å². The van der Waals surface area contributed by atoms with Crippen LogP contribution in [0.3, 0.4) is 0 Å². The third-order valence-corrected chi connectivity index (χ3v) is 2.53. The fourth-order valence-corrected chi connectivity index (χ4v) is 1.25. The van der Waals surface area contributed by atoms with E-state index in [1.807, 2.05) is 0 Å². The van der Waals surface area contributed by atoms with Gasteiger partial charge in [0.2, 0.25) is 0 Å². The van der Waals surface area contributed by atoms with E-state index in [0.29, 0.717) is 11.5 Å². The molecule has 0 aromatic carbocycles. The summed E-state index contributed by atoms with van der Waals surface area (Å²) in [4.78, 5) is 0. The minimum Gasteiger partial charge on any atom is -0.377 e. The number of ether oxygens (including phenoxy) is 1. The molecule has 14 heavy (non-hydrogen) atoms. The molecule has 0 amide bonds. The minimum atomic E-state index is 0.359. The Morgan fingerprint density at radius 3 is 2.50 bits per heavy atom. The maximum atomic E-state index is 5.73. The molecule has 0 aliphatic heterocycles. The molecule has 1 unspecified atom stereocenters. The van der Waals surface area contributed by atoms with Crippen LogP contribution in [0.15, 0.2) is 0 Å². The Labute approximate surface area is 88.4 Å². The molecule has 1 fully saturated rings. The lowest BCUT2D eigenvalue weighted by Crippen LogP contribution is -2.29. The van der Waals surface area contributed by atoms with Gasteiger partial charge in [0.25, 0.3) is 0 Å². The molecule has 2 heteroatoms. The van der Waals surface area contributed by atoms with Crippen LogP contribution in [0, 0.1) is 5.41 Å². The molecule has 0 heterocycles. The zero-order chi connectivity index (χ0) is 10.6. The maximum Gasteiger partial charge on any atom is 0.0671 e. The van der Waals surface area contributed by atoms with E-state index < -0.39 is 0 Å². The molecule has 1 atom stereocenters. The highest BCUT2D eigenvalue weighted by Gasteiger charge is 2.21. The smallest absolute Gasteiger partial charge is 0.0671 e. The van der Waals surface area contributed by atoms with Crippen LogP contribution < -0.4 is 5.32 Å². The predicted octanol–water partition coefficient (Wildman–Crippen LogP) is 2.58. The quantitative estimate of drug-likeness (QED) is 0.710. The van der Waals surface area contributed by atoms with Crippen molar-refractivity contribution in [3.63, 3.8) is 0 Å². The molecule has 2 nitrogen and oxygen atoms in total. The van der Waals surface area contributed by atoms with Crippen LogP contribution in [0.5, 0.6) is 0 Å². The lowest BCUT2D eigenvalue weighted by molar-refractivity contribution is 0.0490. The SMILES string of the molecule is CC(CNC1CC1)OCCC(C)(C)C. The van der Waals surface area contributed by atoms with Crippen molar-refractivity contribution in [3.05, 3.63) is 0 Å². The average molecular weight is 199 g/mol. The Hall–Kier alpha value is -0.0800. The first-order valence-corrected chi connectivity index (χ1v) is 5.82. The molecule has 0 bridgehead atoms. The van der Waals surface area contributed by atoms with Crippen molar-refractivity contribution in [2.24, 2.45) is 5.41 Å². The molecule has 1 N–H and O–H groups in total. The van der Waals surface area contributed by atoms with Crippen molar-refractivity contribution in [3.8, 4) is 0 Å². The van der Waals surface area contributed by atoms with Crippen LogP contribution in [0.25, 0.3) is 0 Å². The monoisotopic (exact) mass is 199 g/mol. The molecule has 0 aromatic heterocycles. The standard InChI is InChI=1S/C12H25NO/c1-10(9-13-11-5-6-11)14-8-7-12(2,3)4/h10-11,13H,5-9H2,1-4H3. The summed E-state index contributed by atoms with van der Waals surface area (Å²) in [7, 11) is 0. The van der Waals surface area contributed by atoms with Crippen LogP contribution in [-0.2, 0) is 4.74 Å². The summed E-state index contributed by atoms with van der Waals surface area (Å²) in [5, 5.41) is 3.48. The zero-order valence-electron chi connectivity index (χ0n) is 10.1. The van der Waals surface area contributed by atoms with E-state index >= 15 is 0 Å². The number of rotatable bonds is 6. The van der Waals surface area contributed by atoms with Crippen molar-refractivity contribution in [2.45, 2.75) is 59.1 Å². The Morgan fingerprint density at radius 1 is 1.36 bits per heavy atom. The summed E-state index contributed by atoms with van der Waals surface area (Å²) >= 11 is 0. The summed E-state index contributed by atoms with van der Waals surface area (Å²) in [6.45, 7) is 10.8. The molecule has 84 valence electrons. The number of hydrogen-bond acceptors (Lipinski definition) is 2. The van der Waals surface area contributed by atoms with Gasteiger partial charge in [-0.15, -0.1) is 0 Å². The first kappa shape index (κ1) is 12.0. The van der Waals surface area contributed by atoms with Crippen LogP contribution in [0.1, 0.15) is 47.0 Å². The largest absolute Gasteiger partial charge is 0.377 e. The molecule has 1 rings (SSSR count). The van der Waals surface area contributed by atoms with Gasteiger partial charge in [-0.1, -0.05) is 20.8 Å². The third-order valence-electron chi connectivity index (χ3n) is 2.53. The highest BCUT2D eigenvalue weighted by Crippen LogP contribution is 2.19. The maximum absolute atomic E-state index is 5.73. The first-order chi connectivity index (χ1) is 6.47. The van der Waals surface area contributed by atoms with Gasteiger partial charge < -0.3 is 10.1 Å². The van der Waals surface area contributed by atoms with E-state index in [2.05, 4.69) is 33.0 Å². The van der Waals surface area contributed by atoms with Gasteiger partial charge in [-0.25, -0.2) is 0 Å². The Kier molecular flexibility index (Phi) is 4.39. The summed E-state index contributed by atoms with van der Waals surface area (Å²) in [5.74, 6) is 0. The summed E-state index contributed by atoms with van der Waals surface area (Å²) in [6, 6.07) is 0.795. The molecule has 0 radical (unpaired) electrons. The molecular formula is C12H25NO. The molecule has 1 aliphatic carbocycles. The van der Waals surface area contributed by atoms with E-state index in [0.717, 1.165) is 25.6 Å². The molecule has 0 spiro atoms. The van der Waals surface area contributed by atoms with Gasteiger partial charge in [-0.05, 0) is 31.6 Å². The lowest BCUT2D eigenvalue weighted by Gasteiger charge is -2.20. The van der Waals surface area contributed by atoms with Gasteiger partial charge in [0.05, 0.1) is 6.10 Å². The van der Waals surface area contributed by atoms with Crippen molar-refractivity contribution >= 4 is 0 Å². The van der Waals surface area contributed by atoms with Crippen molar-refractivity contribution in [1.82, 2.24) is 5.32 Å². The van der Waals surface area contributed by atoms with Crippen molar-refractivity contribution < 1.29 is 4.74 Å². The highest BCUT2D eigenvalue weighted by atomic mass is 16.5. The van der Waals surface area contributed by atoms with E-state index in [4.69, 9.17) is 4.74 Å². The second-order valence-corrected chi connectivity index (χ2v) is 5.67. The fourth-order valence-electron chi connectivity index (χ4n) is 1.25. The number of hydrogen-bond donors (Lipinski definition) is 1. The topological polar surface area (TPSA) is 21.3 Å². The second kappa shape index (κ2) is 5.13. The van der Waals surface area contributed by atoms with Gasteiger partial charge >= 0.3 is 0 Å². The van der Waals surface area contributed by atoms with Gasteiger partial charge in [0.1, 0.15) is 0 Å². The Balaban J connectivity index is 1.93. The molecular weight excluding hydrogens is 174 g/mol. The molecule has 1 saturated carbocycles. The van der Waals surface area contributed by atoms with E-state index in [9.17, 15) is 0 Å². The third kappa shape index (κ3) is 6.39. The molecule has 0 aromatic rings. The minimum absolute atomic E-state index is 0.359. The van der Waals surface area contributed by atoms with Gasteiger partial charge in [0.15, 0.2) is 0 Å². The molecule has 0 saturated heterocycles. The summed E-state index contributed by atoms with van der Waals surface area (Å²) < 4.78 is 5.73. The Morgan fingerprint density at radius 2 is 2.00 bits per heavy atom. The van der Waals surface area contributed by atoms with Crippen LogP contribution in [0.2, 0.25) is 0 Å². The van der Waals surface area contributed by atoms with Gasteiger partial charge in [-0.2, -0.15) is 0 Å². The summed E-state index contributed by atoms with van der Waals surface area (Å²) in [5.41, 5.74) is 0.393. The van der Waals surface area contributed by atoms with Gasteiger partial charge in [0, 0.05) is 19.2 Å². The fraction of sp³-hybridized carbons (Fsp3) is 1.00. The second-order valence-electron chi connectivity index (χ2n) is 5.67. The van der Waals surface area contributed by atoms with E-state index in [1.165, 1.54) is 12.8 Å². The van der Waals surface area contributed by atoms with Crippen LogP contribution in [-0.4, -0.2) is 25.3 Å². The van der Waals surface area contributed by atoms with Gasteiger partial charge in [-0.3, -0.25) is 0 Å². The van der Waals surface area contributed by atoms with Crippen molar-refractivity contribution in [2.75, 3.05) is 13.2 Å². The first-order valence-electron chi connectivity index (χ1n) is 5.82. The molecule has 1 aliphatic rings. The average Bonchev–Trinajstić information content (AvgIpc) is 2.81. The normalized spacial score (nSPS) is 19.7. The number of nitrogens with one attached hydrogen (secondary N) is 1. The van der Waals surface area contributed by atoms with Crippen molar-refractivity contribution in [1.29, 1.82) is 0 Å². The zero-order valence-corrected chi connectivity index (χ0v) is 10.1. The lowest BCUT2D eigenvalue weighted by atomic mass is 9.93. The van der Waals surface area contributed by atoms with Crippen LogP contribution >= 0.6 is 0 Å². The van der Waals surface area contributed by atoms with E-state index in [1.54, 1.807) is 0 Å². The summed E-state index contributed by atoms with van der Waals surface area (Å²) in [6.07, 6.45) is 4.21. The highest BCUT2D eigenvalue weighted by molar-refractivity contribution is 4.81. The van der Waals surface area contributed by atoms with E-state index in [-0.39, 0.29) is 0 Å².